The van der Waals surface area contributed by atoms with E-state index in [2.05, 4.69) is 38.2 Å². The van der Waals surface area contributed by atoms with Crippen LogP contribution in [0.5, 0.6) is 0 Å². The quantitative estimate of drug-likeness (QED) is 0.673. The van der Waals surface area contributed by atoms with E-state index < -0.39 is 0 Å². The molecular weight excluding hydrogens is 238 g/mol. The molecule has 3 N–H and O–H groups in total. The van der Waals surface area contributed by atoms with Crippen LogP contribution in [0, 0.1) is 11.3 Å². The van der Waals surface area contributed by atoms with Crippen LogP contribution < -0.4 is 11.1 Å². The van der Waals surface area contributed by atoms with Crippen LogP contribution in [-0.4, -0.2) is 44.0 Å². The highest BCUT2D eigenvalue weighted by molar-refractivity contribution is 5.78. The van der Waals surface area contributed by atoms with Gasteiger partial charge in [-0.2, -0.15) is 0 Å². The summed E-state index contributed by atoms with van der Waals surface area (Å²) in [7, 11) is 4.11. The molecule has 0 aromatic heterocycles. The third kappa shape index (κ3) is 9.91. The summed E-state index contributed by atoms with van der Waals surface area (Å²) in [6.45, 7) is 10.0. The number of hydrogen-bond donors (Lipinski definition) is 2. The van der Waals surface area contributed by atoms with E-state index in [0.717, 1.165) is 32.4 Å². The number of carbonyl (C=O) groups is 1. The van der Waals surface area contributed by atoms with Gasteiger partial charge in [-0.1, -0.05) is 27.2 Å². The lowest BCUT2D eigenvalue weighted by Crippen LogP contribution is -2.41. The van der Waals surface area contributed by atoms with Crippen LogP contribution in [0.4, 0.5) is 0 Å². The molecule has 114 valence electrons. The summed E-state index contributed by atoms with van der Waals surface area (Å²) in [6, 6.07) is 0.231. The Bertz CT molecular complexity index is 262. The maximum Gasteiger partial charge on any atom is 0.222 e. The summed E-state index contributed by atoms with van der Waals surface area (Å²) in [6.07, 6.45) is 2.93. The summed E-state index contributed by atoms with van der Waals surface area (Å²) in [5.74, 6) is 0.241. The van der Waals surface area contributed by atoms with Gasteiger partial charge in [-0.25, -0.2) is 0 Å². The van der Waals surface area contributed by atoms with Gasteiger partial charge in [0.15, 0.2) is 0 Å². The van der Waals surface area contributed by atoms with Crippen molar-refractivity contribution in [1.82, 2.24) is 10.2 Å². The number of nitrogens with two attached hydrogens (primary N) is 1. The normalized spacial score (nSPS) is 15.4. The van der Waals surface area contributed by atoms with E-state index in [0.29, 0.717) is 0 Å². The van der Waals surface area contributed by atoms with Crippen molar-refractivity contribution >= 4 is 5.91 Å². The Morgan fingerprint density at radius 2 is 1.84 bits per heavy atom. The predicted molar refractivity (Wildman–Crippen MR) is 82.0 cm³/mol. The molecule has 0 spiro atoms. The van der Waals surface area contributed by atoms with Gasteiger partial charge in [-0.15, -0.1) is 0 Å². The molecule has 0 saturated carbocycles. The molecule has 19 heavy (non-hydrogen) atoms. The van der Waals surface area contributed by atoms with E-state index in [1.165, 1.54) is 0 Å². The van der Waals surface area contributed by atoms with Gasteiger partial charge in [0.1, 0.15) is 0 Å². The Balaban J connectivity index is 3.96. The Hall–Kier alpha value is -0.610. The topological polar surface area (TPSA) is 58.4 Å². The van der Waals surface area contributed by atoms with Crippen molar-refractivity contribution in [1.29, 1.82) is 0 Å². The monoisotopic (exact) mass is 271 g/mol. The molecule has 0 aromatic carbocycles. The molecule has 2 unspecified atom stereocenters. The van der Waals surface area contributed by atoms with Crippen LogP contribution in [0.15, 0.2) is 0 Å². The van der Waals surface area contributed by atoms with Gasteiger partial charge in [-0.3, -0.25) is 4.79 Å². The largest absolute Gasteiger partial charge is 0.355 e. The second-order valence-electron chi connectivity index (χ2n) is 6.93. The zero-order chi connectivity index (χ0) is 15.1. The Labute approximate surface area is 119 Å². The minimum atomic E-state index is 0.0777. The average molecular weight is 271 g/mol. The molecule has 0 saturated heterocycles. The third-order valence-corrected chi connectivity index (χ3v) is 3.23. The minimum absolute atomic E-state index is 0.0777. The molecule has 0 bridgehead atoms. The first-order chi connectivity index (χ1) is 8.64. The average Bonchev–Trinajstić information content (AvgIpc) is 2.23. The van der Waals surface area contributed by atoms with Gasteiger partial charge in [0.05, 0.1) is 0 Å². The van der Waals surface area contributed by atoms with Crippen molar-refractivity contribution in [2.75, 3.05) is 27.2 Å². The minimum Gasteiger partial charge on any atom is -0.355 e. The van der Waals surface area contributed by atoms with E-state index in [-0.39, 0.29) is 23.3 Å². The fraction of sp³-hybridized carbons (Fsp3) is 0.933. The Morgan fingerprint density at radius 1 is 1.26 bits per heavy atom. The highest BCUT2D eigenvalue weighted by atomic mass is 16.1. The van der Waals surface area contributed by atoms with Crippen LogP contribution >= 0.6 is 0 Å². The zero-order valence-corrected chi connectivity index (χ0v) is 13.6. The highest BCUT2D eigenvalue weighted by Crippen LogP contribution is 2.15. The lowest BCUT2D eigenvalue weighted by molar-refractivity contribution is -0.125. The van der Waals surface area contributed by atoms with Crippen LogP contribution in [-0.2, 0) is 4.79 Å². The lowest BCUT2D eigenvalue weighted by atomic mass is 9.92. The number of amides is 1. The van der Waals surface area contributed by atoms with Gasteiger partial charge >= 0.3 is 0 Å². The van der Waals surface area contributed by atoms with E-state index >= 15 is 0 Å². The van der Waals surface area contributed by atoms with Crippen molar-refractivity contribution in [2.45, 2.75) is 53.0 Å². The first-order valence-corrected chi connectivity index (χ1v) is 7.32. The predicted octanol–water partition coefficient (Wildman–Crippen LogP) is 1.84. The first kappa shape index (κ1) is 18.4. The number of carbonyl (C=O) groups excluding carboxylic acids is 1. The molecule has 0 heterocycles. The van der Waals surface area contributed by atoms with Crippen LogP contribution in [0.2, 0.25) is 0 Å². The molecule has 4 heteroatoms. The second-order valence-corrected chi connectivity index (χ2v) is 6.93. The van der Waals surface area contributed by atoms with Crippen LogP contribution in [0.3, 0.4) is 0 Å². The third-order valence-electron chi connectivity index (χ3n) is 3.23. The maximum absolute atomic E-state index is 12.0. The maximum atomic E-state index is 12.0. The number of rotatable bonds is 9. The summed E-state index contributed by atoms with van der Waals surface area (Å²) in [4.78, 5) is 14.1. The van der Waals surface area contributed by atoms with Gasteiger partial charge in [-0.05, 0) is 39.3 Å². The standard InChI is InChI=1S/C15H33N3O/c1-12(8-7-9-13(2)16)14(19)17-10-15(3,4)11-18(5)6/h12-13H,7-11,16H2,1-6H3,(H,17,19). The van der Waals surface area contributed by atoms with Crippen LogP contribution in [0.25, 0.3) is 0 Å². The molecule has 0 aliphatic rings. The molecule has 0 rings (SSSR count). The Kier molecular flexibility index (Phi) is 8.26. The molecule has 1 amide bonds. The fourth-order valence-corrected chi connectivity index (χ4v) is 2.29. The highest BCUT2D eigenvalue weighted by Gasteiger charge is 2.21. The molecule has 0 radical (unpaired) electrons. The van der Waals surface area contributed by atoms with E-state index in [1.54, 1.807) is 0 Å². The SMILES string of the molecule is CC(N)CCCC(C)C(=O)NCC(C)(C)CN(C)C. The first-order valence-electron chi connectivity index (χ1n) is 7.32. The molecule has 4 nitrogen and oxygen atoms in total. The summed E-state index contributed by atoms with van der Waals surface area (Å²) < 4.78 is 0. The fourth-order valence-electron chi connectivity index (χ4n) is 2.29. The summed E-state index contributed by atoms with van der Waals surface area (Å²) in [5, 5.41) is 3.07. The number of nitrogens with zero attached hydrogens (tertiary/aromatic N) is 1. The summed E-state index contributed by atoms with van der Waals surface area (Å²) in [5.41, 5.74) is 5.81. The van der Waals surface area contributed by atoms with Crippen LogP contribution in [0.1, 0.15) is 47.0 Å². The van der Waals surface area contributed by atoms with Gasteiger partial charge in [0, 0.05) is 25.0 Å². The van der Waals surface area contributed by atoms with Gasteiger partial charge < -0.3 is 16.0 Å². The van der Waals surface area contributed by atoms with Crippen molar-refractivity contribution in [3.05, 3.63) is 0 Å². The number of nitrogens with one attached hydrogen (secondary N) is 1. The molecular formula is C15H33N3O. The van der Waals surface area contributed by atoms with Crippen molar-refractivity contribution in [3.8, 4) is 0 Å². The number of hydrogen-bond acceptors (Lipinski definition) is 3. The van der Waals surface area contributed by atoms with Crippen molar-refractivity contribution < 1.29 is 4.79 Å². The van der Waals surface area contributed by atoms with Crippen molar-refractivity contribution in [2.24, 2.45) is 17.1 Å². The summed E-state index contributed by atoms with van der Waals surface area (Å²) >= 11 is 0. The zero-order valence-electron chi connectivity index (χ0n) is 13.6. The smallest absolute Gasteiger partial charge is 0.222 e. The lowest BCUT2D eigenvalue weighted by Gasteiger charge is -2.29. The van der Waals surface area contributed by atoms with Gasteiger partial charge in [0.25, 0.3) is 0 Å². The molecule has 0 aliphatic carbocycles. The van der Waals surface area contributed by atoms with E-state index in [4.69, 9.17) is 5.73 Å². The van der Waals surface area contributed by atoms with E-state index in [9.17, 15) is 4.79 Å². The van der Waals surface area contributed by atoms with E-state index in [1.807, 2.05) is 13.8 Å². The Morgan fingerprint density at radius 3 is 2.32 bits per heavy atom. The second kappa shape index (κ2) is 8.54. The van der Waals surface area contributed by atoms with Gasteiger partial charge in [0.2, 0.25) is 5.91 Å². The molecule has 2 atom stereocenters. The van der Waals surface area contributed by atoms with Crippen molar-refractivity contribution in [3.63, 3.8) is 0 Å². The molecule has 0 fully saturated rings. The molecule has 0 aromatic rings. The molecule has 0 aliphatic heterocycles.